The first-order valence-corrected chi connectivity index (χ1v) is 4.44. The van der Waals surface area contributed by atoms with Crippen molar-refractivity contribution >= 4 is 0 Å². The van der Waals surface area contributed by atoms with Crippen molar-refractivity contribution in [1.82, 2.24) is 4.90 Å². The van der Waals surface area contributed by atoms with E-state index in [9.17, 15) is 0 Å². The first-order chi connectivity index (χ1) is 5.74. The van der Waals surface area contributed by atoms with Crippen LogP contribution in [0.4, 0.5) is 0 Å². The van der Waals surface area contributed by atoms with Crippen LogP contribution in [0.1, 0.15) is 13.3 Å². The second-order valence-corrected chi connectivity index (χ2v) is 2.96. The van der Waals surface area contributed by atoms with Crippen LogP contribution in [0.25, 0.3) is 0 Å². The lowest BCUT2D eigenvalue weighted by atomic mass is 10.2. The molecule has 0 bridgehead atoms. The molecule has 1 atom stereocenters. The highest BCUT2D eigenvalue weighted by molar-refractivity contribution is 4.81. The number of hydrogen-bond acceptors (Lipinski definition) is 2. The van der Waals surface area contributed by atoms with Crippen molar-refractivity contribution in [2.75, 3.05) is 19.6 Å². The van der Waals surface area contributed by atoms with Gasteiger partial charge in [0.1, 0.15) is 0 Å². The summed E-state index contributed by atoms with van der Waals surface area (Å²) in [6.07, 6.45) is 4.81. The highest BCUT2D eigenvalue weighted by Crippen LogP contribution is 1.94. The summed E-state index contributed by atoms with van der Waals surface area (Å²) in [5.74, 6) is 0. The van der Waals surface area contributed by atoms with Crippen LogP contribution < -0.4 is 5.73 Å². The first-order valence-electron chi connectivity index (χ1n) is 4.44. The van der Waals surface area contributed by atoms with Gasteiger partial charge in [-0.3, -0.25) is 4.90 Å². The molecule has 0 aromatic carbocycles. The number of nitrogens with zero attached hydrogens (tertiary/aromatic N) is 1. The van der Waals surface area contributed by atoms with E-state index in [4.69, 9.17) is 5.73 Å². The van der Waals surface area contributed by atoms with E-state index in [1.165, 1.54) is 0 Å². The molecular formula is C10H20N2. The monoisotopic (exact) mass is 168 g/mol. The van der Waals surface area contributed by atoms with E-state index in [1.54, 1.807) is 0 Å². The van der Waals surface area contributed by atoms with Crippen LogP contribution in [0.15, 0.2) is 25.3 Å². The van der Waals surface area contributed by atoms with Gasteiger partial charge in [-0.25, -0.2) is 0 Å². The lowest BCUT2D eigenvalue weighted by molar-refractivity contribution is 0.308. The van der Waals surface area contributed by atoms with Gasteiger partial charge in [-0.1, -0.05) is 19.1 Å². The van der Waals surface area contributed by atoms with Crippen molar-refractivity contribution in [1.29, 1.82) is 0 Å². The van der Waals surface area contributed by atoms with Crippen molar-refractivity contribution in [2.45, 2.75) is 19.4 Å². The molecule has 2 heteroatoms. The van der Waals surface area contributed by atoms with Gasteiger partial charge in [0.15, 0.2) is 0 Å². The Morgan fingerprint density at radius 3 is 2.17 bits per heavy atom. The lowest BCUT2D eigenvalue weighted by Gasteiger charge is -2.21. The third-order valence-electron chi connectivity index (χ3n) is 1.79. The van der Waals surface area contributed by atoms with E-state index >= 15 is 0 Å². The molecule has 0 spiro atoms. The molecule has 70 valence electrons. The Hall–Kier alpha value is -0.600. The van der Waals surface area contributed by atoms with E-state index < -0.39 is 0 Å². The van der Waals surface area contributed by atoms with Gasteiger partial charge in [0.25, 0.3) is 0 Å². The third kappa shape index (κ3) is 5.10. The smallest absolute Gasteiger partial charge is 0.0165 e. The van der Waals surface area contributed by atoms with Crippen LogP contribution in [0.2, 0.25) is 0 Å². The molecule has 12 heavy (non-hydrogen) atoms. The predicted octanol–water partition coefficient (Wildman–Crippen LogP) is 1.40. The number of hydrogen-bond donors (Lipinski definition) is 1. The molecule has 0 rings (SSSR count). The molecule has 0 aromatic rings. The van der Waals surface area contributed by atoms with Crippen molar-refractivity contribution in [3.05, 3.63) is 25.3 Å². The standard InChI is InChI=1S/C10H20N2/c1-4-7-12(8-5-2)9-10(11)6-3/h4-5,10H,1-2,6-9,11H2,3H3. The molecule has 0 heterocycles. The average molecular weight is 168 g/mol. The zero-order chi connectivity index (χ0) is 9.40. The van der Waals surface area contributed by atoms with Crippen LogP contribution in [-0.2, 0) is 0 Å². The summed E-state index contributed by atoms with van der Waals surface area (Å²) in [6.45, 7) is 12.2. The van der Waals surface area contributed by atoms with Gasteiger partial charge in [0.05, 0.1) is 0 Å². The van der Waals surface area contributed by atoms with Crippen LogP contribution in [-0.4, -0.2) is 30.6 Å². The van der Waals surface area contributed by atoms with Gasteiger partial charge in [0.2, 0.25) is 0 Å². The maximum Gasteiger partial charge on any atom is 0.0165 e. The van der Waals surface area contributed by atoms with E-state index in [2.05, 4.69) is 25.0 Å². The molecule has 0 aliphatic carbocycles. The van der Waals surface area contributed by atoms with E-state index in [0.29, 0.717) is 0 Å². The summed E-state index contributed by atoms with van der Waals surface area (Å²) in [5, 5.41) is 0. The third-order valence-corrected chi connectivity index (χ3v) is 1.79. The second-order valence-electron chi connectivity index (χ2n) is 2.96. The minimum Gasteiger partial charge on any atom is -0.327 e. The lowest BCUT2D eigenvalue weighted by Crippen LogP contribution is -2.37. The molecule has 0 fully saturated rings. The fraction of sp³-hybridized carbons (Fsp3) is 0.600. The maximum atomic E-state index is 5.82. The van der Waals surface area contributed by atoms with Crippen LogP contribution >= 0.6 is 0 Å². The molecule has 0 saturated heterocycles. The summed E-state index contributed by atoms with van der Waals surface area (Å²) in [4.78, 5) is 2.23. The van der Waals surface area contributed by atoms with E-state index in [-0.39, 0.29) is 6.04 Å². The number of nitrogens with two attached hydrogens (primary N) is 1. The predicted molar refractivity (Wildman–Crippen MR) is 55.1 cm³/mol. The topological polar surface area (TPSA) is 29.3 Å². The Kier molecular flexibility index (Phi) is 6.72. The van der Waals surface area contributed by atoms with Gasteiger partial charge in [-0.2, -0.15) is 0 Å². The van der Waals surface area contributed by atoms with Crippen molar-refractivity contribution < 1.29 is 0 Å². The Morgan fingerprint density at radius 1 is 1.33 bits per heavy atom. The van der Waals surface area contributed by atoms with E-state index in [1.807, 2.05) is 12.2 Å². The van der Waals surface area contributed by atoms with Gasteiger partial charge < -0.3 is 5.73 Å². The number of rotatable bonds is 7. The minimum atomic E-state index is 0.268. The van der Waals surface area contributed by atoms with Gasteiger partial charge in [-0.15, -0.1) is 13.2 Å². The largest absolute Gasteiger partial charge is 0.327 e. The molecule has 0 aliphatic heterocycles. The fourth-order valence-corrected chi connectivity index (χ4v) is 1.05. The summed E-state index contributed by atoms with van der Waals surface area (Å²) < 4.78 is 0. The first kappa shape index (κ1) is 11.4. The zero-order valence-corrected chi connectivity index (χ0v) is 8.00. The molecule has 2 nitrogen and oxygen atoms in total. The van der Waals surface area contributed by atoms with Gasteiger partial charge in [-0.05, 0) is 6.42 Å². The Bertz CT molecular complexity index is 122. The molecular weight excluding hydrogens is 148 g/mol. The van der Waals surface area contributed by atoms with Crippen LogP contribution in [0, 0.1) is 0 Å². The summed E-state index contributed by atoms with van der Waals surface area (Å²) >= 11 is 0. The average Bonchev–Trinajstić information content (AvgIpc) is 2.05. The van der Waals surface area contributed by atoms with Gasteiger partial charge in [0, 0.05) is 25.7 Å². The second kappa shape index (κ2) is 7.07. The van der Waals surface area contributed by atoms with E-state index in [0.717, 1.165) is 26.1 Å². The molecule has 0 amide bonds. The SMILES string of the molecule is C=CCN(CC=C)CC(N)CC. The molecule has 0 saturated carbocycles. The normalized spacial score (nSPS) is 12.9. The highest BCUT2D eigenvalue weighted by Gasteiger charge is 2.05. The van der Waals surface area contributed by atoms with Crippen molar-refractivity contribution in [3.8, 4) is 0 Å². The Labute approximate surface area is 75.7 Å². The van der Waals surface area contributed by atoms with Crippen molar-refractivity contribution in [3.63, 3.8) is 0 Å². The summed E-state index contributed by atoms with van der Waals surface area (Å²) in [7, 11) is 0. The molecule has 0 aromatic heterocycles. The van der Waals surface area contributed by atoms with Crippen LogP contribution in [0.3, 0.4) is 0 Å². The summed E-state index contributed by atoms with van der Waals surface area (Å²) in [5.41, 5.74) is 5.82. The quantitative estimate of drug-likeness (QED) is 0.582. The Balaban J connectivity index is 3.75. The molecule has 0 aliphatic rings. The Morgan fingerprint density at radius 2 is 1.83 bits per heavy atom. The highest BCUT2D eigenvalue weighted by atomic mass is 15.1. The molecule has 1 unspecified atom stereocenters. The van der Waals surface area contributed by atoms with Gasteiger partial charge >= 0.3 is 0 Å². The zero-order valence-electron chi connectivity index (χ0n) is 8.00. The van der Waals surface area contributed by atoms with Crippen molar-refractivity contribution in [2.24, 2.45) is 5.73 Å². The molecule has 0 radical (unpaired) electrons. The minimum absolute atomic E-state index is 0.268. The van der Waals surface area contributed by atoms with Crippen LogP contribution in [0.5, 0.6) is 0 Å². The maximum absolute atomic E-state index is 5.82. The molecule has 2 N–H and O–H groups in total. The fourth-order valence-electron chi connectivity index (χ4n) is 1.05. The summed E-state index contributed by atoms with van der Waals surface area (Å²) in [6, 6.07) is 0.268.